The van der Waals surface area contributed by atoms with Gasteiger partial charge in [0.2, 0.25) is 5.78 Å². The molecule has 0 spiro atoms. The molecule has 0 bridgehead atoms. The van der Waals surface area contributed by atoms with Crippen molar-refractivity contribution < 1.29 is 44.2 Å². The number of rotatable bonds is 3. The van der Waals surface area contributed by atoms with Gasteiger partial charge in [-0.1, -0.05) is 12.1 Å². The SMILES string of the molecule is COc1cccc2c1C(=O)c1c(O)c3c(c(O)c1C2=O)C[C@H](O)C[C@@H]3O[C@@H]1C[C@@H](N)[C@@H](O)[C@@H](C)O1. The van der Waals surface area contributed by atoms with Crippen LogP contribution >= 0.6 is 0 Å². The number of hydrogen-bond acceptors (Lipinski definition) is 10. The highest BCUT2D eigenvalue weighted by Crippen LogP contribution is 2.50. The third-order valence-corrected chi connectivity index (χ3v) is 7.08. The van der Waals surface area contributed by atoms with E-state index in [1.165, 1.54) is 19.2 Å². The number of nitrogens with two attached hydrogens (primary N) is 1. The number of carbonyl (C=O) groups excluding carboxylic acids is 2. The number of fused-ring (bicyclic) bond motifs is 3. The van der Waals surface area contributed by atoms with Crippen LogP contribution in [-0.4, -0.2) is 69.7 Å². The highest BCUT2D eigenvalue weighted by molar-refractivity contribution is 6.31. The minimum Gasteiger partial charge on any atom is -0.507 e. The molecule has 0 unspecified atom stereocenters. The largest absolute Gasteiger partial charge is 0.507 e. The van der Waals surface area contributed by atoms with Gasteiger partial charge in [-0.2, -0.15) is 0 Å². The number of phenols is 2. The van der Waals surface area contributed by atoms with Gasteiger partial charge in [0, 0.05) is 42.0 Å². The number of aliphatic hydroxyl groups excluding tert-OH is 2. The van der Waals surface area contributed by atoms with Crippen LogP contribution in [-0.2, 0) is 15.9 Å². The Morgan fingerprint density at radius 1 is 1.03 bits per heavy atom. The van der Waals surface area contributed by atoms with Crippen LogP contribution in [0.1, 0.15) is 68.8 Å². The third-order valence-electron chi connectivity index (χ3n) is 7.08. The molecule has 0 amide bonds. The van der Waals surface area contributed by atoms with Gasteiger partial charge in [-0.05, 0) is 13.0 Å². The van der Waals surface area contributed by atoms with Crippen molar-refractivity contribution in [1.29, 1.82) is 0 Å². The number of methoxy groups -OCH3 is 1. The molecule has 6 N–H and O–H groups in total. The van der Waals surface area contributed by atoms with E-state index in [-0.39, 0.29) is 58.4 Å². The first-order valence-corrected chi connectivity index (χ1v) is 11.4. The fraction of sp³-hybridized carbons (Fsp3) is 0.440. The fourth-order valence-electron chi connectivity index (χ4n) is 5.34. The van der Waals surface area contributed by atoms with E-state index in [1.807, 2.05) is 0 Å². The quantitative estimate of drug-likeness (QED) is 0.338. The first kappa shape index (κ1) is 23.7. The zero-order valence-electron chi connectivity index (χ0n) is 19.2. The van der Waals surface area contributed by atoms with Crippen LogP contribution in [0.15, 0.2) is 18.2 Å². The average Bonchev–Trinajstić information content (AvgIpc) is 2.82. The van der Waals surface area contributed by atoms with Crippen molar-refractivity contribution in [3.63, 3.8) is 0 Å². The van der Waals surface area contributed by atoms with E-state index in [1.54, 1.807) is 13.0 Å². The van der Waals surface area contributed by atoms with Gasteiger partial charge in [-0.15, -0.1) is 0 Å². The lowest BCUT2D eigenvalue weighted by molar-refractivity contribution is -0.244. The van der Waals surface area contributed by atoms with Crippen molar-refractivity contribution >= 4 is 11.6 Å². The van der Waals surface area contributed by atoms with E-state index in [0.29, 0.717) is 0 Å². The maximum absolute atomic E-state index is 13.5. The van der Waals surface area contributed by atoms with Crippen LogP contribution in [0.5, 0.6) is 17.2 Å². The van der Waals surface area contributed by atoms with Crippen molar-refractivity contribution in [2.45, 2.75) is 62.9 Å². The number of phenolic OH excluding ortho intramolecular Hbond substituents is 2. The Morgan fingerprint density at radius 2 is 1.74 bits per heavy atom. The van der Waals surface area contributed by atoms with Crippen LogP contribution in [0.2, 0.25) is 0 Å². The van der Waals surface area contributed by atoms with Crippen LogP contribution in [0, 0.1) is 0 Å². The first-order valence-electron chi connectivity index (χ1n) is 11.4. The smallest absolute Gasteiger partial charge is 0.202 e. The van der Waals surface area contributed by atoms with Crippen LogP contribution in [0.4, 0.5) is 0 Å². The van der Waals surface area contributed by atoms with Crippen molar-refractivity contribution in [2.24, 2.45) is 5.73 Å². The van der Waals surface area contributed by atoms with E-state index < -0.39 is 59.8 Å². The predicted octanol–water partition coefficient (Wildman–Crippen LogP) is 1.07. The standard InChI is InChI=1S/C25H27NO9/c1-9-21(28)13(26)8-16(34-9)35-15-7-10(27)6-12-18(15)25(32)20-19(23(12)30)22(29)11-4-3-5-14(33-2)17(11)24(20)31/h3-5,9-10,13,15-16,21,27-28,30,32H,6-8,26H2,1-2H3/t9-,10+,13-,15+,16-,21+/m1/s1. The summed E-state index contributed by atoms with van der Waals surface area (Å²) in [5.41, 5.74) is 5.64. The molecule has 0 radical (unpaired) electrons. The Labute approximate surface area is 200 Å². The second-order valence-electron chi connectivity index (χ2n) is 9.26. The summed E-state index contributed by atoms with van der Waals surface area (Å²) in [6.07, 6.45) is -4.09. The molecule has 1 heterocycles. The molecule has 2 aromatic carbocycles. The predicted molar refractivity (Wildman–Crippen MR) is 121 cm³/mol. The van der Waals surface area contributed by atoms with Gasteiger partial charge in [-0.3, -0.25) is 9.59 Å². The second kappa shape index (κ2) is 8.58. The summed E-state index contributed by atoms with van der Waals surface area (Å²) in [6, 6.07) is 3.94. The van der Waals surface area contributed by atoms with Crippen molar-refractivity contribution in [2.75, 3.05) is 7.11 Å². The summed E-state index contributed by atoms with van der Waals surface area (Å²) in [7, 11) is 1.37. The first-order chi connectivity index (χ1) is 16.6. The number of benzene rings is 2. The molecule has 35 heavy (non-hydrogen) atoms. The van der Waals surface area contributed by atoms with E-state index in [9.17, 15) is 30.0 Å². The minimum atomic E-state index is -0.966. The van der Waals surface area contributed by atoms with E-state index in [2.05, 4.69) is 0 Å². The van der Waals surface area contributed by atoms with E-state index in [4.69, 9.17) is 19.9 Å². The maximum Gasteiger partial charge on any atom is 0.202 e. The summed E-state index contributed by atoms with van der Waals surface area (Å²) in [5.74, 6) is -2.10. The topological polar surface area (TPSA) is 169 Å². The van der Waals surface area contributed by atoms with Gasteiger partial charge in [0.15, 0.2) is 12.1 Å². The van der Waals surface area contributed by atoms with Crippen molar-refractivity contribution in [3.05, 3.63) is 51.6 Å². The lowest BCUT2D eigenvalue weighted by Gasteiger charge is -2.39. The molecule has 10 nitrogen and oxygen atoms in total. The van der Waals surface area contributed by atoms with Gasteiger partial charge < -0.3 is 40.4 Å². The van der Waals surface area contributed by atoms with Crippen LogP contribution in [0.25, 0.3) is 0 Å². The van der Waals surface area contributed by atoms with Gasteiger partial charge in [0.05, 0.1) is 48.2 Å². The zero-order chi connectivity index (χ0) is 25.2. The lowest BCUT2D eigenvalue weighted by atomic mass is 9.76. The molecule has 6 atom stereocenters. The van der Waals surface area contributed by atoms with Gasteiger partial charge >= 0.3 is 0 Å². The van der Waals surface area contributed by atoms with Gasteiger partial charge in [-0.25, -0.2) is 0 Å². The monoisotopic (exact) mass is 485 g/mol. The van der Waals surface area contributed by atoms with E-state index >= 15 is 0 Å². The lowest BCUT2D eigenvalue weighted by Crippen LogP contribution is -2.52. The number of aromatic hydroxyl groups is 2. The molecule has 0 saturated carbocycles. The highest BCUT2D eigenvalue weighted by atomic mass is 16.7. The molecule has 186 valence electrons. The number of ether oxygens (including phenoxy) is 3. The minimum absolute atomic E-state index is 0.000127. The molecule has 1 fully saturated rings. The second-order valence-corrected chi connectivity index (χ2v) is 9.26. The number of ketones is 2. The normalized spacial score (nSPS) is 29.9. The Kier molecular flexibility index (Phi) is 5.81. The number of aliphatic hydroxyl groups is 2. The summed E-state index contributed by atoms with van der Waals surface area (Å²) in [6.45, 7) is 1.65. The van der Waals surface area contributed by atoms with Crippen molar-refractivity contribution in [3.8, 4) is 17.2 Å². The van der Waals surface area contributed by atoms with E-state index in [0.717, 1.165) is 0 Å². The molecule has 0 aromatic heterocycles. The molecular formula is C25H27NO9. The molecule has 2 aliphatic carbocycles. The molecule has 10 heteroatoms. The van der Waals surface area contributed by atoms with Crippen LogP contribution in [0.3, 0.4) is 0 Å². The van der Waals surface area contributed by atoms with Crippen molar-refractivity contribution in [1.82, 2.24) is 0 Å². The Balaban J connectivity index is 1.62. The average molecular weight is 485 g/mol. The molecule has 2 aromatic rings. The summed E-state index contributed by atoms with van der Waals surface area (Å²) in [4.78, 5) is 26.8. The molecular weight excluding hydrogens is 458 g/mol. The Morgan fingerprint density at radius 3 is 2.43 bits per heavy atom. The molecule has 1 aliphatic heterocycles. The fourth-order valence-corrected chi connectivity index (χ4v) is 5.34. The molecule has 5 rings (SSSR count). The molecule has 3 aliphatic rings. The number of carbonyl (C=O) groups is 2. The molecule has 1 saturated heterocycles. The summed E-state index contributed by atoms with van der Waals surface area (Å²) < 4.78 is 17.0. The maximum atomic E-state index is 13.5. The number of hydrogen-bond donors (Lipinski definition) is 5. The van der Waals surface area contributed by atoms with Gasteiger partial charge in [0.1, 0.15) is 17.2 Å². The highest BCUT2D eigenvalue weighted by Gasteiger charge is 2.44. The van der Waals surface area contributed by atoms with Gasteiger partial charge in [0.25, 0.3) is 0 Å². The Bertz CT molecular complexity index is 1210. The van der Waals surface area contributed by atoms with Crippen LogP contribution < -0.4 is 10.5 Å². The summed E-state index contributed by atoms with van der Waals surface area (Å²) >= 11 is 0. The third kappa shape index (κ3) is 3.60. The Hall–Kier alpha value is -3.02. The summed E-state index contributed by atoms with van der Waals surface area (Å²) in [5, 5.41) is 43.0. The zero-order valence-corrected chi connectivity index (χ0v) is 19.2.